The zero-order valence-corrected chi connectivity index (χ0v) is 15.5. The third-order valence-electron chi connectivity index (χ3n) is 3.76. The van der Waals surface area contributed by atoms with E-state index in [0.29, 0.717) is 12.6 Å². The van der Waals surface area contributed by atoms with Gasteiger partial charge in [0.15, 0.2) is 5.96 Å². The van der Waals surface area contributed by atoms with Gasteiger partial charge in [-0.05, 0) is 30.5 Å². The standard InChI is InChI=1S/C17H21N5.HI/c1-18-17(21-15-8-3-4-9-15)19-13-14-7-2-5-10-16(14)22-12-6-11-20-22;/h2-7,10-12,15H,8-9,13H2,1H3,(H2,18,19,21);1H. The maximum absolute atomic E-state index is 4.31. The van der Waals surface area contributed by atoms with Crippen molar-refractivity contribution in [1.82, 2.24) is 20.4 Å². The smallest absolute Gasteiger partial charge is 0.191 e. The summed E-state index contributed by atoms with van der Waals surface area (Å²) in [7, 11) is 1.80. The zero-order chi connectivity index (χ0) is 15.2. The predicted molar refractivity (Wildman–Crippen MR) is 104 cm³/mol. The van der Waals surface area contributed by atoms with E-state index in [4.69, 9.17) is 0 Å². The third kappa shape index (κ3) is 4.57. The number of hydrogen-bond acceptors (Lipinski definition) is 2. The normalized spacial score (nSPS) is 14.6. The Bertz CT molecular complexity index is 655. The van der Waals surface area contributed by atoms with Crippen molar-refractivity contribution in [2.75, 3.05) is 7.05 Å². The van der Waals surface area contributed by atoms with Crippen LogP contribution in [-0.2, 0) is 6.54 Å². The molecule has 0 aliphatic heterocycles. The number of aliphatic imine (C=N–C) groups is 1. The lowest BCUT2D eigenvalue weighted by molar-refractivity contribution is 0.632. The molecular weight excluding hydrogens is 401 g/mol. The molecule has 2 N–H and O–H groups in total. The topological polar surface area (TPSA) is 54.2 Å². The lowest BCUT2D eigenvalue weighted by Crippen LogP contribution is -2.42. The summed E-state index contributed by atoms with van der Waals surface area (Å²) < 4.78 is 1.88. The summed E-state index contributed by atoms with van der Waals surface area (Å²) >= 11 is 0. The van der Waals surface area contributed by atoms with Crippen molar-refractivity contribution in [1.29, 1.82) is 0 Å². The maximum Gasteiger partial charge on any atom is 0.191 e. The fraction of sp³-hybridized carbons (Fsp3) is 0.294. The first-order chi connectivity index (χ1) is 10.9. The van der Waals surface area contributed by atoms with Crippen molar-refractivity contribution < 1.29 is 0 Å². The van der Waals surface area contributed by atoms with E-state index in [-0.39, 0.29) is 24.0 Å². The highest BCUT2D eigenvalue weighted by molar-refractivity contribution is 14.0. The zero-order valence-electron chi connectivity index (χ0n) is 13.1. The van der Waals surface area contributed by atoms with E-state index >= 15 is 0 Å². The van der Waals surface area contributed by atoms with Crippen molar-refractivity contribution in [3.63, 3.8) is 0 Å². The molecule has 0 saturated heterocycles. The number of halogens is 1. The van der Waals surface area contributed by atoms with E-state index in [9.17, 15) is 0 Å². The molecule has 0 radical (unpaired) electrons. The van der Waals surface area contributed by atoms with E-state index in [1.54, 1.807) is 13.2 Å². The molecule has 0 spiro atoms. The first kappa shape index (κ1) is 17.5. The van der Waals surface area contributed by atoms with Crippen LogP contribution in [0, 0.1) is 0 Å². The van der Waals surface area contributed by atoms with Gasteiger partial charge in [-0.2, -0.15) is 5.10 Å². The summed E-state index contributed by atoms with van der Waals surface area (Å²) in [6.07, 6.45) is 10.3. The number of para-hydroxylation sites is 1. The molecular formula is C17H22IN5. The Morgan fingerprint density at radius 2 is 2.04 bits per heavy atom. The van der Waals surface area contributed by atoms with Crippen molar-refractivity contribution >= 4 is 29.9 Å². The molecule has 122 valence electrons. The van der Waals surface area contributed by atoms with E-state index < -0.39 is 0 Å². The van der Waals surface area contributed by atoms with Gasteiger partial charge in [-0.25, -0.2) is 4.68 Å². The van der Waals surface area contributed by atoms with E-state index in [1.807, 2.05) is 29.1 Å². The molecule has 1 aliphatic rings. The molecule has 0 unspecified atom stereocenters. The summed E-state index contributed by atoms with van der Waals surface area (Å²) in [5, 5.41) is 11.1. The molecule has 0 fully saturated rings. The summed E-state index contributed by atoms with van der Waals surface area (Å²) in [4.78, 5) is 4.30. The fourth-order valence-corrected chi connectivity index (χ4v) is 2.60. The van der Waals surface area contributed by atoms with Crippen LogP contribution < -0.4 is 10.6 Å². The van der Waals surface area contributed by atoms with Gasteiger partial charge in [-0.1, -0.05) is 30.4 Å². The van der Waals surface area contributed by atoms with Crippen molar-refractivity contribution in [2.45, 2.75) is 25.4 Å². The van der Waals surface area contributed by atoms with Gasteiger partial charge in [0.25, 0.3) is 0 Å². The quantitative estimate of drug-likeness (QED) is 0.344. The molecule has 1 heterocycles. The number of hydrogen-bond donors (Lipinski definition) is 2. The highest BCUT2D eigenvalue weighted by atomic mass is 127. The molecule has 3 rings (SSSR count). The first-order valence-corrected chi connectivity index (χ1v) is 7.57. The molecule has 23 heavy (non-hydrogen) atoms. The van der Waals surface area contributed by atoms with E-state index in [0.717, 1.165) is 24.5 Å². The summed E-state index contributed by atoms with van der Waals surface area (Å²) in [6, 6.07) is 10.6. The first-order valence-electron chi connectivity index (χ1n) is 7.57. The van der Waals surface area contributed by atoms with Gasteiger partial charge in [0, 0.05) is 32.0 Å². The van der Waals surface area contributed by atoms with Crippen LogP contribution >= 0.6 is 24.0 Å². The molecule has 1 aromatic heterocycles. The van der Waals surface area contributed by atoms with Crippen LogP contribution in [-0.4, -0.2) is 28.8 Å². The second-order valence-corrected chi connectivity index (χ2v) is 5.29. The van der Waals surface area contributed by atoms with Crippen LogP contribution in [0.5, 0.6) is 0 Å². The Kier molecular flexibility index (Phi) is 6.64. The van der Waals surface area contributed by atoms with Crippen LogP contribution in [0.25, 0.3) is 5.69 Å². The molecule has 6 heteroatoms. The SMILES string of the molecule is CN=C(NCc1ccccc1-n1cccn1)NC1CC=CC1.I. The average molecular weight is 423 g/mol. The van der Waals surface area contributed by atoms with E-state index in [2.05, 4.69) is 45.0 Å². The fourth-order valence-electron chi connectivity index (χ4n) is 2.60. The summed E-state index contributed by atoms with van der Waals surface area (Å²) in [6.45, 7) is 0.704. The second kappa shape index (κ2) is 8.71. The minimum Gasteiger partial charge on any atom is -0.353 e. The Hall–Kier alpha value is -1.83. The van der Waals surface area contributed by atoms with E-state index in [1.165, 1.54) is 5.56 Å². The molecule has 1 aliphatic carbocycles. The van der Waals surface area contributed by atoms with Gasteiger partial charge >= 0.3 is 0 Å². The molecule has 2 aromatic rings. The maximum atomic E-state index is 4.31. The lowest BCUT2D eigenvalue weighted by Gasteiger charge is -2.18. The Labute approximate surface area is 153 Å². The highest BCUT2D eigenvalue weighted by Crippen LogP contribution is 2.13. The van der Waals surface area contributed by atoms with Gasteiger partial charge in [0.1, 0.15) is 0 Å². The van der Waals surface area contributed by atoms with Crippen LogP contribution in [0.2, 0.25) is 0 Å². The van der Waals surface area contributed by atoms with Gasteiger partial charge in [0.2, 0.25) is 0 Å². The second-order valence-electron chi connectivity index (χ2n) is 5.29. The predicted octanol–water partition coefficient (Wildman–Crippen LogP) is 2.87. The molecule has 1 aromatic carbocycles. The molecule has 0 amide bonds. The average Bonchev–Trinajstić information content (AvgIpc) is 3.25. The third-order valence-corrected chi connectivity index (χ3v) is 3.76. The lowest BCUT2D eigenvalue weighted by atomic mass is 10.2. The minimum absolute atomic E-state index is 0. The van der Waals surface area contributed by atoms with Crippen LogP contribution in [0.1, 0.15) is 18.4 Å². The number of nitrogens with one attached hydrogen (secondary N) is 2. The van der Waals surface area contributed by atoms with Crippen LogP contribution in [0.4, 0.5) is 0 Å². The molecule has 0 atom stereocenters. The van der Waals surface area contributed by atoms with Crippen LogP contribution in [0.15, 0.2) is 59.9 Å². The number of benzene rings is 1. The number of rotatable bonds is 4. The number of guanidine groups is 1. The van der Waals surface area contributed by atoms with Crippen molar-refractivity contribution in [3.8, 4) is 5.69 Å². The molecule has 5 nitrogen and oxygen atoms in total. The number of nitrogens with zero attached hydrogens (tertiary/aromatic N) is 3. The highest BCUT2D eigenvalue weighted by Gasteiger charge is 2.12. The summed E-state index contributed by atoms with van der Waals surface area (Å²) in [5.41, 5.74) is 2.26. The molecule has 0 saturated carbocycles. The Morgan fingerprint density at radius 1 is 1.26 bits per heavy atom. The van der Waals surface area contributed by atoms with Gasteiger partial charge in [0.05, 0.1) is 5.69 Å². The van der Waals surface area contributed by atoms with Gasteiger partial charge in [-0.3, -0.25) is 4.99 Å². The molecule has 0 bridgehead atoms. The van der Waals surface area contributed by atoms with Crippen molar-refractivity contribution in [3.05, 3.63) is 60.4 Å². The van der Waals surface area contributed by atoms with Crippen LogP contribution in [0.3, 0.4) is 0 Å². The summed E-state index contributed by atoms with van der Waals surface area (Å²) in [5.74, 6) is 0.837. The largest absolute Gasteiger partial charge is 0.353 e. The van der Waals surface area contributed by atoms with Gasteiger partial charge < -0.3 is 10.6 Å². The van der Waals surface area contributed by atoms with Gasteiger partial charge in [-0.15, -0.1) is 24.0 Å². The Balaban J connectivity index is 0.00000192. The van der Waals surface area contributed by atoms with Crippen molar-refractivity contribution in [2.24, 2.45) is 4.99 Å². The minimum atomic E-state index is 0. The number of aromatic nitrogens is 2. The Morgan fingerprint density at radius 3 is 2.74 bits per heavy atom. The monoisotopic (exact) mass is 423 g/mol.